The predicted molar refractivity (Wildman–Crippen MR) is 81.2 cm³/mol. The van der Waals surface area contributed by atoms with Crippen molar-refractivity contribution in [2.24, 2.45) is 0 Å². The molecule has 0 atom stereocenters. The molecule has 3 aromatic rings. The zero-order valence-electron chi connectivity index (χ0n) is 9.86. The quantitative estimate of drug-likeness (QED) is 0.712. The molecule has 3 rings (SSSR count). The Kier molecular flexibility index (Phi) is 3.20. The summed E-state index contributed by atoms with van der Waals surface area (Å²) >= 11 is 2.26. The molecule has 0 unspecified atom stereocenters. The van der Waals surface area contributed by atoms with Crippen LogP contribution in [0.15, 0.2) is 54.7 Å². The Labute approximate surface area is 123 Å². The van der Waals surface area contributed by atoms with Crippen molar-refractivity contribution in [1.29, 1.82) is 0 Å². The number of halogens is 1. The highest BCUT2D eigenvalue weighted by Gasteiger charge is 2.05. The van der Waals surface area contributed by atoms with E-state index in [1.54, 1.807) is 16.8 Å². The Bertz CT molecular complexity index is 707. The van der Waals surface area contributed by atoms with Crippen molar-refractivity contribution in [3.8, 4) is 22.7 Å². The third kappa shape index (κ3) is 2.60. The fourth-order valence-corrected chi connectivity index (χ4v) is 2.30. The summed E-state index contributed by atoms with van der Waals surface area (Å²) in [6.45, 7) is 0. The number of hydrogen-bond donors (Lipinski definition) is 1. The van der Waals surface area contributed by atoms with Gasteiger partial charge in [0.15, 0.2) is 0 Å². The zero-order chi connectivity index (χ0) is 13.2. The van der Waals surface area contributed by atoms with Crippen LogP contribution in [0.4, 0.5) is 0 Å². The maximum atomic E-state index is 9.28. The predicted octanol–water partition coefficient (Wildman–Crippen LogP) is 3.24. The fraction of sp³-hybridized carbons (Fsp3) is 0. The van der Waals surface area contributed by atoms with Crippen LogP contribution in [0.1, 0.15) is 0 Å². The molecule has 4 nitrogen and oxygen atoms in total. The van der Waals surface area contributed by atoms with E-state index < -0.39 is 0 Å². The molecule has 0 bridgehead atoms. The van der Waals surface area contributed by atoms with Crippen LogP contribution < -0.4 is 0 Å². The van der Waals surface area contributed by atoms with Crippen molar-refractivity contribution in [2.45, 2.75) is 0 Å². The van der Waals surface area contributed by atoms with Gasteiger partial charge in [-0.1, -0.05) is 11.3 Å². The second kappa shape index (κ2) is 5.00. The van der Waals surface area contributed by atoms with Gasteiger partial charge >= 0.3 is 0 Å². The monoisotopic (exact) mass is 363 g/mol. The number of hydrogen-bond acceptors (Lipinski definition) is 3. The van der Waals surface area contributed by atoms with Gasteiger partial charge in [0.1, 0.15) is 11.4 Å². The molecule has 0 saturated heterocycles. The fourth-order valence-electron chi connectivity index (χ4n) is 1.77. The summed E-state index contributed by atoms with van der Waals surface area (Å²) in [5.74, 6) is 0.244. The molecular weight excluding hydrogens is 353 g/mol. The minimum absolute atomic E-state index is 0.244. The van der Waals surface area contributed by atoms with Crippen LogP contribution in [0.2, 0.25) is 0 Å². The van der Waals surface area contributed by atoms with Crippen LogP contribution in [-0.4, -0.2) is 20.1 Å². The van der Waals surface area contributed by atoms with Gasteiger partial charge in [-0.15, -0.1) is 5.10 Å². The Morgan fingerprint density at radius 1 is 1.05 bits per heavy atom. The smallest absolute Gasteiger partial charge is 0.115 e. The standard InChI is InChI=1S/C14H10IN3O/c15-11-2-1-3-12(8-11)18-9-14(16-17-18)10-4-6-13(19)7-5-10/h1-9,19H. The van der Waals surface area contributed by atoms with Crippen molar-refractivity contribution in [3.05, 3.63) is 58.3 Å². The van der Waals surface area contributed by atoms with Crippen LogP contribution in [0.5, 0.6) is 5.75 Å². The van der Waals surface area contributed by atoms with Gasteiger partial charge in [0.05, 0.1) is 11.9 Å². The van der Waals surface area contributed by atoms with Crippen LogP contribution in [0, 0.1) is 3.57 Å². The molecule has 1 N–H and O–H groups in total. The van der Waals surface area contributed by atoms with Crippen molar-refractivity contribution in [3.63, 3.8) is 0 Å². The molecule has 0 aliphatic rings. The van der Waals surface area contributed by atoms with Crippen LogP contribution >= 0.6 is 22.6 Å². The van der Waals surface area contributed by atoms with E-state index in [2.05, 4.69) is 32.9 Å². The molecule has 94 valence electrons. The van der Waals surface area contributed by atoms with Crippen LogP contribution in [-0.2, 0) is 0 Å². The van der Waals surface area contributed by atoms with E-state index in [1.807, 2.05) is 42.6 Å². The topological polar surface area (TPSA) is 50.9 Å². The summed E-state index contributed by atoms with van der Waals surface area (Å²) < 4.78 is 2.89. The Hall–Kier alpha value is -1.89. The van der Waals surface area contributed by atoms with E-state index in [0.717, 1.165) is 20.5 Å². The highest BCUT2D eigenvalue weighted by atomic mass is 127. The van der Waals surface area contributed by atoms with Gasteiger partial charge in [0.25, 0.3) is 0 Å². The number of aromatic nitrogens is 3. The molecule has 1 aromatic heterocycles. The lowest BCUT2D eigenvalue weighted by Gasteiger charge is -1.99. The summed E-state index contributed by atoms with van der Waals surface area (Å²) in [5, 5.41) is 17.6. The average molecular weight is 363 g/mol. The Morgan fingerprint density at radius 3 is 2.58 bits per heavy atom. The molecule has 5 heteroatoms. The third-order valence-corrected chi connectivity index (χ3v) is 3.40. The number of phenols is 1. The number of nitrogens with zero attached hydrogens (tertiary/aromatic N) is 3. The molecule has 19 heavy (non-hydrogen) atoms. The van der Waals surface area contributed by atoms with Gasteiger partial charge in [0.2, 0.25) is 0 Å². The summed E-state index contributed by atoms with van der Waals surface area (Å²) in [6.07, 6.45) is 1.87. The molecule has 0 aliphatic heterocycles. The number of phenolic OH excluding ortho intramolecular Hbond substituents is 1. The van der Waals surface area contributed by atoms with E-state index in [9.17, 15) is 5.11 Å². The van der Waals surface area contributed by atoms with E-state index in [4.69, 9.17) is 0 Å². The molecule has 1 heterocycles. The SMILES string of the molecule is Oc1ccc(-c2cn(-c3cccc(I)c3)nn2)cc1. The molecular formula is C14H10IN3O. The minimum atomic E-state index is 0.244. The molecule has 2 aromatic carbocycles. The summed E-state index contributed by atoms with van der Waals surface area (Å²) in [4.78, 5) is 0. The van der Waals surface area contributed by atoms with Crippen molar-refractivity contribution in [2.75, 3.05) is 0 Å². The lowest BCUT2D eigenvalue weighted by molar-refractivity contribution is 0.475. The molecule has 0 spiro atoms. The second-order valence-corrected chi connectivity index (χ2v) is 5.32. The van der Waals surface area contributed by atoms with Gasteiger partial charge in [0, 0.05) is 9.13 Å². The lowest BCUT2D eigenvalue weighted by Crippen LogP contribution is -1.94. The van der Waals surface area contributed by atoms with E-state index in [1.165, 1.54) is 0 Å². The number of aromatic hydroxyl groups is 1. The largest absolute Gasteiger partial charge is 0.508 e. The minimum Gasteiger partial charge on any atom is -0.508 e. The summed E-state index contributed by atoms with van der Waals surface area (Å²) in [7, 11) is 0. The summed E-state index contributed by atoms with van der Waals surface area (Å²) in [5.41, 5.74) is 2.68. The van der Waals surface area contributed by atoms with Gasteiger partial charge in [-0.2, -0.15) is 0 Å². The van der Waals surface area contributed by atoms with Gasteiger partial charge in [-0.05, 0) is 65.1 Å². The summed E-state index contributed by atoms with van der Waals surface area (Å²) in [6, 6.07) is 14.9. The molecule has 0 radical (unpaired) electrons. The third-order valence-electron chi connectivity index (χ3n) is 2.73. The maximum absolute atomic E-state index is 9.28. The van der Waals surface area contributed by atoms with Gasteiger partial charge in [-0.3, -0.25) is 0 Å². The Morgan fingerprint density at radius 2 is 1.84 bits per heavy atom. The number of rotatable bonds is 2. The van der Waals surface area contributed by atoms with Crippen molar-refractivity contribution >= 4 is 22.6 Å². The van der Waals surface area contributed by atoms with E-state index in [0.29, 0.717) is 0 Å². The first-order valence-electron chi connectivity index (χ1n) is 5.70. The molecule has 0 fully saturated rings. The average Bonchev–Trinajstić information content (AvgIpc) is 2.89. The first-order chi connectivity index (χ1) is 9.22. The lowest BCUT2D eigenvalue weighted by atomic mass is 10.2. The van der Waals surface area contributed by atoms with Crippen LogP contribution in [0.3, 0.4) is 0 Å². The van der Waals surface area contributed by atoms with Crippen LogP contribution in [0.25, 0.3) is 16.9 Å². The highest BCUT2D eigenvalue weighted by molar-refractivity contribution is 14.1. The van der Waals surface area contributed by atoms with Gasteiger partial charge < -0.3 is 5.11 Å². The van der Waals surface area contributed by atoms with Gasteiger partial charge in [-0.25, -0.2) is 4.68 Å². The van der Waals surface area contributed by atoms with E-state index in [-0.39, 0.29) is 5.75 Å². The molecule has 0 saturated carbocycles. The van der Waals surface area contributed by atoms with Crippen molar-refractivity contribution < 1.29 is 5.11 Å². The zero-order valence-corrected chi connectivity index (χ0v) is 12.0. The second-order valence-electron chi connectivity index (χ2n) is 4.08. The maximum Gasteiger partial charge on any atom is 0.115 e. The first-order valence-corrected chi connectivity index (χ1v) is 6.78. The molecule has 0 aliphatic carbocycles. The highest BCUT2D eigenvalue weighted by Crippen LogP contribution is 2.20. The van der Waals surface area contributed by atoms with Crippen molar-refractivity contribution in [1.82, 2.24) is 15.0 Å². The first kappa shape index (κ1) is 12.2. The Balaban J connectivity index is 1.97. The molecule has 0 amide bonds. The number of benzene rings is 2. The normalized spacial score (nSPS) is 10.6. The van der Waals surface area contributed by atoms with E-state index >= 15 is 0 Å².